The number of anilines is 1. The number of morpholine rings is 1. The second kappa shape index (κ2) is 15.8. The summed E-state index contributed by atoms with van der Waals surface area (Å²) < 4.78 is 15.0. The van der Waals surface area contributed by atoms with Crippen molar-refractivity contribution in [2.45, 2.75) is 33.2 Å². The Bertz CT molecular complexity index is 2000. The number of hydrogen-bond acceptors (Lipinski definition) is 9. The number of imidazole rings is 1. The minimum absolute atomic E-state index is 0.161. The van der Waals surface area contributed by atoms with E-state index in [1.807, 2.05) is 56.3 Å². The number of fused-ring (bicyclic) bond motifs is 2. The fourth-order valence-corrected chi connectivity index (χ4v) is 6.01. The van der Waals surface area contributed by atoms with E-state index >= 15 is 0 Å². The maximum absolute atomic E-state index is 13.5. The lowest BCUT2D eigenvalue weighted by Crippen LogP contribution is -2.37. The van der Waals surface area contributed by atoms with Crippen molar-refractivity contribution in [3.8, 4) is 5.75 Å². The van der Waals surface area contributed by atoms with Crippen LogP contribution in [0.4, 0.5) is 5.95 Å². The predicted molar refractivity (Wildman–Crippen MR) is 191 cm³/mol. The standard InChI is InChI=1S/C36H43N9O5/c1-3-44-30(20-24(2)42-44)35(48)41-36-40-29-22-28(33(37)46)23-31(50-17-7-14-43-15-18-49-19-16-43)32(29)45(36)39-13-6-12-38-34(47)27-11-10-25-8-4-5-9-26(25)21-27/h4-5,8-11,20-23,39H,3,6-7,12-19H2,1-2H3,(H2,37,46)(H,38,47)(H,40,41,48). The number of carbonyl (C=O) groups excluding carboxylic acids is 3. The molecule has 5 N–H and O–H groups in total. The molecule has 0 atom stereocenters. The quantitative estimate of drug-likeness (QED) is 0.121. The van der Waals surface area contributed by atoms with Crippen molar-refractivity contribution in [3.63, 3.8) is 0 Å². The molecule has 1 aliphatic heterocycles. The van der Waals surface area contributed by atoms with E-state index in [0.717, 1.165) is 36.8 Å². The van der Waals surface area contributed by atoms with E-state index in [2.05, 4.69) is 26.1 Å². The Hall–Kier alpha value is -5.47. The Balaban J connectivity index is 1.20. The van der Waals surface area contributed by atoms with Gasteiger partial charge >= 0.3 is 0 Å². The van der Waals surface area contributed by atoms with E-state index < -0.39 is 11.8 Å². The summed E-state index contributed by atoms with van der Waals surface area (Å²) in [5.41, 5.74) is 11.9. The normalized spacial score (nSPS) is 13.4. The van der Waals surface area contributed by atoms with Crippen LogP contribution in [-0.2, 0) is 11.3 Å². The molecule has 0 bridgehead atoms. The number of nitrogens with one attached hydrogen (secondary N) is 3. The van der Waals surface area contributed by atoms with Gasteiger partial charge in [-0.25, -0.2) is 9.66 Å². The monoisotopic (exact) mass is 681 g/mol. The number of carbonyl (C=O) groups is 3. The van der Waals surface area contributed by atoms with Gasteiger partial charge in [-0.2, -0.15) is 5.10 Å². The van der Waals surface area contributed by atoms with Gasteiger partial charge in [-0.1, -0.05) is 30.3 Å². The van der Waals surface area contributed by atoms with Crippen LogP contribution in [0.2, 0.25) is 0 Å². The highest BCUT2D eigenvalue weighted by atomic mass is 16.5. The van der Waals surface area contributed by atoms with Crippen LogP contribution < -0.4 is 26.5 Å². The fraction of sp³-hybridized carbons (Fsp3) is 0.361. The number of nitrogens with two attached hydrogens (primary N) is 1. The van der Waals surface area contributed by atoms with E-state index in [1.54, 1.807) is 27.6 Å². The van der Waals surface area contributed by atoms with Crippen LogP contribution in [0.5, 0.6) is 5.75 Å². The smallest absolute Gasteiger partial charge is 0.276 e. The molecule has 262 valence electrons. The lowest BCUT2D eigenvalue weighted by atomic mass is 10.1. The average molecular weight is 682 g/mol. The van der Waals surface area contributed by atoms with Crippen molar-refractivity contribution in [3.05, 3.63) is 83.2 Å². The third-order valence-electron chi connectivity index (χ3n) is 8.56. The number of ether oxygens (including phenoxy) is 2. The zero-order chi connectivity index (χ0) is 35.0. The first-order chi connectivity index (χ1) is 24.3. The molecule has 50 heavy (non-hydrogen) atoms. The predicted octanol–water partition coefficient (Wildman–Crippen LogP) is 3.53. The number of hydrogen-bond donors (Lipinski definition) is 4. The molecule has 14 nitrogen and oxygen atoms in total. The van der Waals surface area contributed by atoms with Gasteiger partial charge in [0.1, 0.15) is 17.0 Å². The van der Waals surface area contributed by atoms with Gasteiger partial charge in [0.05, 0.1) is 31.0 Å². The molecular weight excluding hydrogens is 638 g/mol. The van der Waals surface area contributed by atoms with Gasteiger partial charge in [-0.05, 0) is 67.8 Å². The molecule has 1 fully saturated rings. The first kappa shape index (κ1) is 34.4. The minimum atomic E-state index is -0.623. The molecule has 3 heterocycles. The largest absolute Gasteiger partial charge is 0.491 e. The highest BCUT2D eigenvalue weighted by molar-refractivity contribution is 6.04. The summed E-state index contributed by atoms with van der Waals surface area (Å²) in [4.78, 5) is 45.7. The number of amides is 3. The molecule has 0 radical (unpaired) electrons. The van der Waals surface area contributed by atoms with Crippen molar-refractivity contribution in [1.82, 2.24) is 29.7 Å². The molecule has 0 spiro atoms. The Morgan fingerprint density at radius 3 is 2.52 bits per heavy atom. The molecule has 14 heteroatoms. The first-order valence-corrected chi connectivity index (χ1v) is 17.0. The molecule has 6 rings (SSSR count). The number of rotatable bonds is 15. The number of aromatic nitrogens is 4. The van der Waals surface area contributed by atoms with E-state index in [0.29, 0.717) is 79.6 Å². The zero-order valence-electron chi connectivity index (χ0n) is 28.4. The van der Waals surface area contributed by atoms with Crippen LogP contribution in [0.15, 0.2) is 60.7 Å². The Morgan fingerprint density at radius 2 is 1.74 bits per heavy atom. The summed E-state index contributed by atoms with van der Waals surface area (Å²) in [6.45, 7) is 9.47. The number of primary amides is 1. The summed E-state index contributed by atoms with van der Waals surface area (Å²) >= 11 is 0. The molecular formula is C36H43N9O5. The van der Waals surface area contributed by atoms with Crippen LogP contribution in [0, 0.1) is 6.92 Å². The minimum Gasteiger partial charge on any atom is -0.491 e. The van der Waals surface area contributed by atoms with Gasteiger partial charge in [0.25, 0.3) is 11.8 Å². The summed E-state index contributed by atoms with van der Waals surface area (Å²) in [6, 6.07) is 18.4. The van der Waals surface area contributed by atoms with Crippen LogP contribution in [-0.4, -0.2) is 94.6 Å². The van der Waals surface area contributed by atoms with Gasteiger partial charge in [-0.15, -0.1) is 0 Å². The topological polar surface area (TPSA) is 171 Å². The maximum Gasteiger partial charge on any atom is 0.276 e. The second-order valence-corrected chi connectivity index (χ2v) is 12.2. The molecule has 3 amide bonds. The SMILES string of the molecule is CCn1nc(C)cc1C(=O)Nc1nc2cc(C(N)=O)cc(OCCCN3CCOCC3)c2n1NCCCNC(=O)c1ccc2ccccc2c1. The third kappa shape index (κ3) is 8.04. The van der Waals surface area contributed by atoms with Crippen LogP contribution in [0.1, 0.15) is 56.7 Å². The Morgan fingerprint density at radius 1 is 0.940 bits per heavy atom. The molecule has 5 aromatic rings. The average Bonchev–Trinajstić information content (AvgIpc) is 3.69. The Labute approximate surface area is 289 Å². The maximum atomic E-state index is 13.5. The fourth-order valence-electron chi connectivity index (χ4n) is 6.01. The van der Waals surface area contributed by atoms with Crippen molar-refractivity contribution >= 4 is 45.5 Å². The molecule has 1 aliphatic rings. The summed E-state index contributed by atoms with van der Waals surface area (Å²) in [6.07, 6.45) is 1.31. The molecule has 0 aliphatic carbocycles. The lowest BCUT2D eigenvalue weighted by molar-refractivity contribution is 0.0358. The van der Waals surface area contributed by atoms with Gasteiger partial charge in [0.15, 0.2) is 0 Å². The van der Waals surface area contributed by atoms with Crippen LogP contribution >= 0.6 is 0 Å². The van der Waals surface area contributed by atoms with Crippen LogP contribution in [0.25, 0.3) is 21.8 Å². The van der Waals surface area contributed by atoms with E-state index in [9.17, 15) is 14.4 Å². The summed E-state index contributed by atoms with van der Waals surface area (Å²) in [5, 5.41) is 12.4. The number of nitrogens with zero attached hydrogens (tertiary/aromatic N) is 5. The second-order valence-electron chi connectivity index (χ2n) is 12.2. The van der Waals surface area contributed by atoms with E-state index in [-0.39, 0.29) is 17.4 Å². The van der Waals surface area contributed by atoms with E-state index in [4.69, 9.17) is 20.2 Å². The summed E-state index contributed by atoms with van der Waals surface area (Å²) in [5.74, 6) is -0.574. The highest BCUT2D eigenvalue weighted by Gasteiger charge is 2.22. The highest BCUT2D eigenvalue weighted by Crippen LogP contribution is 2.30. The zero-order valence-corrected chi connectivity index (χ0v) is 28.4. The number of aryl methyl sites for hydroxylation is 2. The lowest BCUT2D eigenvalue weighted by Gasteiger charge is -2.26. The molecule has 3 aromatic carbocycles. The van der Waals surface area contributed by atoms with E-state index in [1.165, 1.54) is 0 Å². The van der Waals surface area contributed by atoms with Crippen molar-refractivity contribution in [2.75, 3.05) is 63.3 Å². The first-order valence-electron chi connectivity index (χ1n) is 17.0. The van der Waals surface area contributed by atoms with Crippen molar-refractivity contribution in [1.29, 1.82) is 0 Å². The Kier molecular flexibility index (Phi) is 10.9. The molecule has 0 saturated carbocycles. The molecule has 1 saturated heterocycles. The summed E-state index contributed by atoms with van der Waals surface area (Å²) in [7, 11) is 0. The van der Waals surface area contributed by atoms with Crippen molar-refractivity contribution < 1.29 is 23.9 Å². The molecule has 2 aromatic heterocycles. The third-order valence-corrected chi connectivity index (χ3v) is 8.56. The van der Waals surface area contributed by atoms with Gasteiger partial charge in [-0.3, -0.25) is 29.3 Å². The van der Waals surface area contributed by atoms with Gasteiger partial charge < -0.3 is 25.9 Å². The number of benzene rings is 3. The van der Waals surface area contributed by atoms with Gasteiger partial charge in [0, 0.05) is 50.4 Å². The van der Waals surface area contributed by atoms with Crippen LogP contribution in [0.3, 0.4) is 0 Å². The molecule has 0 unspecified atom stereocenters. The van der Waals surface area contributed by atoms with Gasteiger partial charge in [0.2, 0.25) is 11.9 Å². The van der Waals surface area contributed by atoms with Crippen molar-refractivity contribution in [2.24, 2.45) is 5.73 Å².